The molecule has 1 aromatic rings. The molecule has 1 rings (SSSR count). The fourth-order valence-electron chi connectivity index (χ4n) is 1.48. The van der Waals surface area contributed by atoms with Crippen molar-refractivity contribution in [3.05, 3.63) is 33.8 Å². The molecule has 0 saturated heterocycles. The van der Waals surface area contributed by atoms with Crippen molar-refractivity contribution in [2.75, 3.05) is 0 Å². The molecular weight excluding hydrogens is 287 g/mol. The molecule has 0 atom stereocenters. The van der Waals surface area contributed by atoms with E-state index < -0.39 is 13.9 Å². The molecule has 18 heavy (non-hydrogen) atoms. The summed E-state index contributed by atoms with van der Waals surface area (Å²) in [6, 6.07) is 8.45. The Morgan fingerprint density at radius 1 is 1.06 bits per heavy atom. The van der Waals surface area contributed by atoms with Crippen LogP contribution in [0.1, 0.15) is 5.56 Å². The number of hydrogen-bond donors (Lipinski definition) is 0. The zero-order valence-corrected chi connectivity index (χ0v) is 12.8. The zero-order valence-electron chi connectivity index (χ0n) is 10.3. The molecule has 0 bridgehead atoms. The summed E-state index contributed by atoms with van der Waals surface area (Å²) in [7, 11) is -2.08. The topological polar surface area (TPSA) is 56.8 Å². The molecule has 0 unspecified atom stereocenters. The normalized spacial score (nSPS) is 11.7. The largest absolute Gasteiger partial charge is 0.386 e. The van der Waals surface area contributed by atoms with Crippen LogP contribution in [0.5, 0.6) is 0 Å². The van der Waals surface area contributed by atoms with Crippen LogP contribution >= 0.6 is 23.2 Å². The number of rotatable bonds is 3. The fraction of sp³-hybridized carbons (Fsp3) is 0.333. The Kier molecular flexibility index (Phi) is 4.42. The first-order chi connectivity index (χ1) is 8.22. The SMILES string of the molecule is C[Si](C)(C)OC(C#N)(C#N)c1cc(Cl)cc(Cl)c1. The predicted octanol–water partition coefficient (Wildman–Crippen LogP) is 4.09. The van der Waals surface area contributed by atoms with Gasteiger partial charge in [0, 0.05) is 15.6 Å². The Hall–Kier alpha value is -1.04. The Morgan fingerprint density at radius 3 is 1.83 bits per heavy atom. The standard InChI is InChI=1S/C12H12Cl2N2OSi/c1-18(2,3)17-12(7-15,8-16)9-4-10(13)6-11(14)5-9/h4-6H,1-3H3. The van der Waals surface area contributed by atoms with Crippen LogP contribution in [0, 0.1) is 22.7 Å². The van der Waals surface area contributed by atoms with Gasteiger partial charge in [0.05, 0.1) is 0 Å². The van der Waals surface area contributed by atoms with Crippen molar-refractivity contribution in [1.82, 2.24) is 0 Å². The highest BCUT2D eigenvalue weighted by molar-refractivity contribution is 6.69. The van der Waals surface area contributed by atoms with Crippen LogP contribution in [0.2, 0.25) is 29.7 Å². The second-order valence-electron chi connectivity index (χ2n) is 4.78. The first-order valence-corrected chi connectivity index (χ1v) is 9.38. The van der Waals surface area contributed by atoms with Crippen LogP contribution in [0.15, 0.2) is 18.2 Å². The fourth-order valence-corrected chi connectivity index (χ4v) is 3.13. The Morgan fingerprint density at radius 2 is 1.50 bits per heavy atom. The average Bonchev–Trinajstić information content (AvgIpc) is 2.23. The van der Waals surface area contributed by atoms with E-state index in [1.165, 1.54) is 12.1 Å². The van der Waals surface area contributed by atoms with E-state index in [1.54, 1.807) is 6.07 Å². The lowest BCUT2D eigenvalue weighted by atomic mass is 9.97. The lowest BCUT2D eigenvalue weighted by molar-refractivity contribution is 0.180. The van der Waals surface area contributed by atoms with Gasteiger partial charge in [-0.15, -0.1) is 0 Å². The molecule has 0 saturated carbocycles. The second-order valence-corrected chi connectivity index (χ2v) is 10.1. The van der Waals surface area contributed by atoms with Crippen molar-refractivity contribution in [2.45, 2.75) is 25.2 Å². The van der Waals surface area contributed by atoms with E-state index in [0.717, 1.165) is 0 Å². The summed E-state index contributed by atoms with van der Waals surface area (Å²) in [5.74, 6) is 0. The highest BCUT2D eigenvalue weighted by Crippen LogP contribution is 2.32. The summed E-state index contributed by atoms with van der Waals surface area (Å²) in [5.41, 5.74) is -1.29. The van der Waals surface area contributed by atoms with E-state index in [4.69, 9.17) is 27.6 Å². The first kappa shape index (κ1) is 15.0. The molecule has 1 aromatic carbocycles. The first-order valence-electron chi connectivity index (χ1n) is 5.22. The molecule has 0 heterocycles. The minimum atomic E-state index is -2.08. The summed E-state index contributed by atoms with van der Waals surface area (Å²) in [6.45, 7) is 5.72. The van der Waals surface area contributed by atoms with Crippen LogP contribution in [0.4, 0.5) is 0 Å². The van der Waals surface area contributed by atoms with E-state index >= 15 is 0 Å². The molecule has 3 nitrogen and oxygen atoms in total. The molecule has 0 fully saturated rings. The van der Waals surface area contributed by atoms with E-state index in [9.17, 15) is 10.5 Å². The van der Waals surface area contributed by atoms with Crippen molar-refractivity contribution in [3.63, 3.8) is 0 Å². The van der Waals surface area contributed by atoms with Crippen molar-refractivity contribution in [3.8, 4) is 12.1 Å². The third-order valence-corrected chi connectivity index (χ3v) is 3.40. The van der Waals surface area contributed by atoms with E-state index in [1.807, 2.05) is 31.8 Å². The predicted molar refractivity (Wildman–Crippen MR) is 73.8 cm³/mol. The summed E-state index contributed by atoms with van der Waals surface area (Å²) in [6.07, 6.45) is 0. The molecule has 0 aliphatic rings. The number of benzene rings is 1. The lowest BCUT2D eigenvalue weighted by Crippen LogP contribution is -2.38. The zero-order chi connectivity index (χ0) is 14.0. The van der Waals surface area contributed by atoms with Gasteiger partial charge in [0.2, 0.25) is 0 Å². The molecule has 0 spiro atoms. The number of hydrogen-bond acceptors (Lipinski definition) is 3. The molecule has 0 aromatic heterocycles. The average molecular weight is 299 g/mol. The molecule has 0 amide bonds. The van der Waals surface area contributed by atoms with E-state index in [0.29, 0.717) is 15.6 Å². The van der Waals surface area contributed by atoms with Crippen molar-refractivity contribution < 1.29 is 4.43 Å². The van der Waals surface area contributed by atoms with Gasteiger partial charge < -0.3 is 4.43 Å². The van der Waals surface area contributed by atoms with Crippen LogP contribution in [0.3, 0.4) is 0 Å². The Labute approximate surface area is 118 Å². The minimum Gasteiger partial charge on any atom is -0.386 e. The van der Waals surface area contributed by atoms with Crippen LogP contribution in [0.25, 0.3) is 0 Å². The Bertz CT molecular complexity index is 506. The lowest BCUT2D eigenvalue weighted by Gasteiger charge is -2.28. The summed E-state index contributed by atoms with van der Waals surface area (Å²) < 4.78 is 5.72. The Balaban J connectivity index is 3.38. The maximum Gasteiger partial charge on any atom is 0.258 e. The van der Waals surface area contributed by atoms with Gasteiger partial charge in [-0.25, -0.2) is 0 Å². The molecule has 0 aliphatic carbocycles. The van der Waals surface area contributed by atoms with Crippen LogP contribution in [-0.4, -0.2) is 8.32 Å². The third kappa shape index (κ3) is 3.47. The maximum atomic E-state index is 9.31. The van der Waals surface area contributed by atoms with Gasteiger partial charge in [0.25, 0.3) is 5.60 Å². The molecule has 0 aliphatic heterocycles. The number of nitrogens with zero attached hydrogens (tertiary/aromatic N) is 2. The summed E-state index contributed by atoms with van der Waals surface area (Å²) in [5, 5.41) is 19.4. The van der Waals surface area contributed by atoms with Gasteiger partial charge in [-0.3, -0.25) is 0 Å². The highest BCUT2D eigenvalue weighted by atomic mass is 35.5. The van der Waals surface area contributed by atoms with Crippen LogP contribution in [-0.2, 0) is 10.0 Å². The van der Waals surface area contributed by atoms with E-state index in [2.05, 4.69) is 0 Å². The minimum absolute atomic E-state index is 0.367. The van der Waals surface area contributed by atoms with Crippen molar-refractivity contribution in [2.24, 2.45) is 0 Å². The molecule has 0 N–H and O–H groups in total. The summed E-state index contributed by atoms with van der Waals surface area (Å²) >= 11 is 11.8. The van der Waals surface area contributed by atoms with Gasteiger partial charge in [-0.2, -0.15) is 10.5 Å². The molecule has 0 radical (unpaired) electrons. The van der Waals surface area contributed by atoms with Gasteiger partial charge in [-0.05, 0) is 37.8 Å². The third-order valence-electron chi connectivity index (χ3n) is 2.04. The van der Waals surface area contributed by atoms with Gasteiger partial charge in [-0.1, -0.05) is 23.2 Å². The highest BCUT2D eigenvalue weighted by Gasteiger charge is 2.39. The van der Waals surface area contributed by atoms with Gasteiger partial charge >= 0.3 is 0 Å². The van der Waals surface area contributed by atoms with Crippen molar-refractivity contribution in [1.29, 1.82) is 10.5 Å². The quantitative estimate of drug-likeness (QED) is 0.790. The van der Waals surface area contributed by atoms with Gasteiger partial charge in [0.1, 0.15) is 12.1 Å². The van der Waals surface area contributed by atoms with Gasteiger partial charge in [0.15, 0.2) is 8.32 Å². The summed E-state index contributed by atoms with van der Waals surface area (Å²) in [4.78, 5) is 0. The molecule has 94 valence electrons. The smallest absolute Gasteiger partial charge is 0.258 e. The number of halogens is 2. The van der Waals surface area contributed by atoms with Crippen LogP contribution < -0.4 is 0 Å². The second kappa shape index (κ2) is 5.30. The molecule has 6 heteroatoms. The van der Waals surface area contributed by atoms with E-state index in [-0.39, 0.29) is 0 Å². The molecular formula is C12H12Cl2N2OSi. The number of nitriles is 2. The monoisotopic (exact) mass is 298 g/mol. The van der Waals surface area contributed by atoms with Crippen molar-refractivity contribution >= 4 is 31.5 Å². The maximum absolute atomic E-state index is 9.31.